The second-order valence-corrected chi connectivity index (χ2v) is 10.2. The molecule has 1 saturated heterocycles. The molecule has 0 radical (unpaired) electrons. The van der Waals surface area contributed by atoms with E-state index in [1.54, 1.807) is 55.1 Å². The normalized spacial score (nSPS) is 15.0. The van der Waals surface area contributed by atoms with E-state index in [2.05, 4.69) is 0 Å². The van der Waals surface area contributed by atoms with Gasteiger partial charge in [0, 0.05) is 18.7 Å². The molecule has 0 saturated carbocycles. The minimum Gasteiger partial charge on any atom is -0.457 e. The topological polar surface area (TPSA) is 60.4 Å². The fourth-order valence-corrected chi connectivity index (χ4v) is 5.39. The summed E-state index contributed by atoms with van der Waals surface area (Å²) < 4.78 is 9.42. The molecule has 0 bridgehead atoms. The van der Waals surface area contributed by atoms with Crippen molar-refractivity contribution in [3.05, 3.63) is 97.4 Å². The molecule has 0 N–H and O–H groups in total. The summed E-state index contributed by atoms with van der Waals surface area (Å²) in [4.78, 5) is 28.4. The number of nitrogens with zero attached hydrogens (tertiary/aromatic N) is 3. The predicted molar refractivity (Wildman–Crippen MR) is 146 cm³/mol. The van der Waals surface area contributed by atoms with E-state index in [9.17, 15) is 9.59 Å². The van der Waals surface area contributed by atoms with Gasteiger partial charge in [0.1, 0.15) is 17.2 Å². The quantitative estimate of drug-likeness (QED) is 0.219. The molecule has 1 aliphatic heterocycles. The van der Waals surface area contributed by atoms with Crippen LogP contribution in [0.2, 0.25) is 10.0 Å². The molecule has 5 rings (SSSR count). The molecule has 3 heterocycles. The Balaban J connectivity index is 1.49. The summed E-state index contributed by atoms with van der Waals surface area (Å²) in [6.45, 7) is 1.79. The van der Waals surface area contributed by atoms with E-state index in [1.807, 2.05) is 30.3 Å². The van der Waals surface area contributed by atoms with Crippen LogP contribution < -0.4 is 10.5 Å². The Morgan fingerprint density at radius 1 is 1.00 bits per heavy atom. The number of hydrogen-bond acceptors (Lipinski definition) is 5. The van der Waals surface area contributed by atoms with Gasteiger partial charge in [-0.25, -0.2) is 4.68 Å². The highest BCUT2D eigenvalue weighted by atomic mass is 35.5. The third kappa shape index (κ3) is 4.16. The van der Waals surface area contributed by atoms with E-state index < -0.39 is 0 Å². The van der Waals surface area contributed by atoms with E-state index in [1.165, 1.54) is 9.58 Å². The highest BCUT2D eigenvalue weighted by Gasteiger charge is 2.38. The van der Waals surface area contributed by atoms with Crippen LogP contribution in [0.3, 0.4) is 0 Å². The van der Waals surface area contributed by atoms with Gasteiger partial charge in [-0.05, 0) is 49.4 Å². The van der Waals surface area contributed by atoms with Gasteiger partial charge in [-0.3, -0.25) is 19.2 Å². The first-order valence-corrected chi connectivity index (χ1v) is 12.4. The molecule has 2 aromatic carbocycles. The van der Waals surface area contributed by atoms with Crippen molar-refractivity contribution in [3.8, 4) is 17.0 Å². The Kier molecular flexibility index (Phi) is 6.23. The van der Waals surface area contributed by atoms with Gasteiger partial charge in [0.25, 0.3) is 11.5 Å². The number of amides is 1. The number of thioether (sulfide) groups is 1. The molecule has 1 amide bonds. The van der Waals surface area contributed by atoms with Crippen molar-refractivity contribution in [2.24, 2.45) is 7.05 Å². The summed E-state index contributed by atoms with van der Waals surface area (Å²) >= 11 is 18.7. The van der Waals surface area contributed by atoms with Crippen LogP contribution in [0.4, 0.5) is 5.69 Å². The van der Waals surface area contributed by atoms with Gasteiger partial charge in [0.15, 0.2) is 4.32 Å². The van der Waals surface area contributed by atoms with Crippen LogP contribution in [0.1, 0.15) is 11.5 Å². The van der Waals surface area contributed by atoms with E-state index in [0.717, 1.165) is 17.3 Å². The number of hydrogen-bond donors (Lipinski definition) is 0. The smallest absolute Gasteiger partial charge is 0.296 e. The van der Waals surface area contributed by atoms with Gasteiger partial charge in [-0.2, -0.15) is 0 Å². The minimum atomic E-state index is -0.376. The largest absolute Gasteiger partial charge is 0.457 e. The number of thiocarbonyl (C=S) groups is 1. The van der Waals surface area contributed by atoms with Crippen LogP contribution >= 0.6 is 47.2 Å². The maximum Gasteiger partial charge on any atom is 0.296 e. The molecule has 2 aromatic heterocycles. The third-order valence-corrected chi connectivity index (χ3v) is 7.69. The lowest BCUT2D eigenvalue weighted by atomic mass is 10.2. The van der Waals surface area contributed by atoms with E-state index in [-0.39, 0.29) is 21.5 Å². The van der Waals surface area contributed by atoms with E-state index in [4.69, 9.17) is 39.8 Å². The van der Waals surface area contributed by atoms with Crippen molar-refractivity contribution in [2.45, 2.75) is 6.92 Å². The average Bonchev–Trinajstić information content (AvgIpc) is 3.47. The lowest BCUT2D eigenvalue weighted by Gasteiger charge is -2.12. The molecular weight excluding hydrogens is 525 g/mol. The molecule has 35 heavy (non-hydrogen) atoms. The number of anilines is 1. The Bertz CT molecular complexity index is 1590. The zero-order valence-corrected chi connectivity index (χ0v) is 21.6. The Morgan fingerprint density at radius 3 is 2.46 bits per heavy atom. The summed E-state index contributed by atoms with van der Waals surface area (Å²) in [6, 6.07) is 18.0. The van der Waals surface area contributed by atoms with Gasteiger partial charge in [0.2, 0.25) is 0 Å². The van der Waals surface area contributed by atoms with Crippen LogP contribution in [0, 0.1) is 6.92 Å². The molecule has 1 aliphatic rings. The fraction of sp³-hybridized carbons (Fsp3) is 0.0800. The first-order chi connectivity index (χ1) is 16.8. The molecule has 6 nitrogen and oxygen atoms in total. The summed E-state index contributed by atoms with van der Waals surface area (Å²) in [6.07, 6.45) is 1.62. The van der Waals surface area contributed by atoms with Crippen molar-refractivity contribution in [3.63, 3.8) is 0 Å². The average molecular weight is 542 g/mol. The fourth-order valence-electron chi connectivity index (χ4n) is 3.84. The molecule has 0 spiro atoms. The Morgan fingerprint density at radius 2 is 1.74 bits per heavy atom. The van der Waals surface area contributed by atoms with Crippen molar-refractivity contribution in [2.75, 3.05) is 4.90 Å². The zero-order chi connectivity index (χ0) is 24.9. The van der Waals surface area contributed by atoms with Crippen LogP contribution in [-0.4, -0.2) is 19.6 Å². The Hall–Kier alpha value is -3.04. The molecule has 4 aromatic rings. The Labute approximate surface area is 220 Å². The molecule has 0 unspecified atom stereocenters. The number of aromatic nitrogens is 2. The first kappa shape index (κ1) is 23.7. The van der Waals surface area contributed by atoms with Crippen molar-refractivity contribution >= 4 is 69.2 Å². The lowest BCUT2D eigenvalue weighted by Crippen LogP contribution is -2.33. The maximum atomic E-state index is 13.4. The molecule has 0 atom stereocenters. The van der Waals surface area contributed by atoms with Crippen LogP contribution in [0.15, 0.2) is 74.8 Å². The second kappa shape index (κ2) is 9.20. The van der Waals surface area contributed by atoms with E-state index >= 15 is 0 Å². The lowest BCUT2D eigenvalue weighted by molar-refractivity contribution is -0.113. The zero-order valence-electron chi connectivity index (χ0n) is 18.5. The number of benzene rings is 2. The number of rotatable bonds is 4. The molecule has 1 fully saturated rings. The van der Waals surface area contributed by atoms with Gasteiger partial charge >= 0.3 is 0 Å². The standard InChI is InChI=1S/C25H17Cl2N3O3S2/c1-14-22(24(32)30(28(14)2)16-6-4-3-5-7-16)29-23(31)21(35-25(29)34)13-17-9-11-20(33-17)15-8-10-18(26)19(27)12-15/h3-13H,1-2H3/b21-13+. The minimum absolute atomic E-state index is 0.234. The molecular formula is C25H17Cl2N3O3S2. The van der Waals surface area contributed by atoms with Crippen molar-refractivity contribution in [1.82, 2.24) is 9.36 Å². The second-order valence-electron chi connectivity index (χ2n) is 7.76. The number of carbonyl (C=O) groups excluding carboxylic acids is 1. The predicted octanol–water partition coefficient (Wildman–Crippen LogP) is 6.46. The summed E-state index contributed by atoms with van der Waals surface area (Å²) in [5.74, 6) is 0.673. The maximum absolute atomic E-state index is 13.4. The number of carbonyl (C=O) groups is 1. The molecule has 0 aliphatic carbocycles. The summed E-state index contributed by atoms with van der Waals surface area (Å²) in [5, 5.41) is 0.871. The summed E-state index contributed by atoms with van der Waals surface area (Å²) in [7, 11) is 1.77. The number of halogens is 2. The van der Waals surface area contributed by atoms with E-state index in [0.29, 0.717) is 37.9 Å². The number of furan rings is 1. The van der Waals surface area contributed by atoms with Gasteiger partial charge in [-0.1, -0.05) is 65.4 Å². The van der Waals surface area contributed by atoms with Gasteiger partial charge in [-0.15, -0.1) is 0 Å². The van der Waals surface area contributed by atoms with Gasteiger partial charge in [0.05, 0.1) is 26.3 Å². The SMILES string of the molecule is Cc1c(N2C(=O)/C(=C\c3ccc(-c4ccc(Cl)c(Cl)c4)o3)SC2=S)c(=O)n(-c2ccccc2)n1C. The highest BCUT2D eigenvalue weighted by Crippen LogP contribution is 2.37. The first-order valence-electron chi connectivity index (χ1n) is 10.4. The van der Waals surface area contributed by atoms with Crippen LogP contribution in [0.25, 0.3) is 23.1 Å². The van der Waals surface area contributed by atoms with Crippen molar-refractivity contribution in [1.29, 1.82) is 0 Å². The van der Waals surface area contributed by atoms with Crippen molar-refractivity contribution < 1.29 is 9.21 Å². The summed E-state index contributed by atoms with van der Waals surface area (Å²) in [5.41, 5.74) is 1.98. The van der Waals surface area contributed by atoms with Crippen LogP contribution in [-0.2, 0) is 11.8 Å². The van der Waals surface area contributed by atoms with Gasteiger partial charge < -0.3 is 4.42 Å². The third-order valence-electron chi connectivity index (χ3n) is 5.65. The molecule has 176 valence electrons. The highest BCUT2D eigenvalue weighted by molar-refractivity contribution is 8.27. The molecule has 10 heteroatoms. The monoisotopic (exact) mass is 541 g/mol. The van der Waals surface area contributed by atoms with Crippen LogP contribution in [0.5, 0.6) is 0 Å². The number of para-hydroxylation sites is 1.